The molecular formula is C19H28O3. The zero-order valence-corrected chi connectivity index (χ0v) is 13.4. The highest BCUT2D eigenvalue weighted by Gasteiger charge is 2.50. The van der Waals surface area contributed by atoms with Crippen LogP contribution in [0.2, 0.25) is 0 Å². The number of hydrogen-bond donors (Lipinski definition) is 1. The summed E-state index contributed by atoms with van der Waals surface area (Å²) in [6.07, 6.45) is 10.7. The molecule has 1 aliphatic heterocycles. The molecule has 22 heavy (non-hydrogen) atoms. The molecule has 0 aromatic rings. The Morgan fingerprint density at radius 1 is 1.05 bits per heavy atom. The van der Waals surface area contributed by atoms with Crippen LogP contribution in [0.15, 0.2) is 11.1 Å². The molecule has 1 heterocycles. The predicted molar refractivity (Wildman–Crippen MR) is 83.2 cm³/mol. The van der Waals surface area contributed by atoms with Crippen LogP contribution in [0.25, 0.3) is 0 Å². The van der Waals surface area contributed by atoms with Crippen molar-refractivity contribution in [3.8, 4) is 0 Å². The first kappa shape index (κ1) is 14.0. The van der Waals surface area contributed by atoms with Gasteiger partial charge in [0, 0.05) is 12.8 Å². The summed E-state index contributed by atoms with van der Waals surface area (Å²) < 4.78 is 11.9. The highest BCUT2D eigenvalue weighted by Crippen LogP contribution is 2.56. The molecule has 0 bridgehead atoms. The quantitative estimate of drug-likeness (QED) is 0.697. The first-order valence-electron chi connectivity index (χ1n) is 9.44. The fourth-order valence-corrected chi connectivity index (χ4v) is 6.53. The first-order valence-corrected chi connectivity index (χ1v) is 9.44. The minimum Gasteiger partial charge on any atom is -0.389 e. The fourth-order valence-electron chi connectivity index (χ4n) is 6.53. The molecule has 3 saturated carbocycles. The Kier molecular flexibility index (Phi) is 3.22. The first-order chi connectivity index (χ1) is 10.8. The van der Waals surface area contributed by atoms with Gasteiger partial charge in [0.15, 0.2) is 5.79 Å². The summed E-state index contributed by atoms with van der Waals surface area (Å²) in [7, 11) is 0. The SMILES string of the molecule is OC1CC2CCCC2C2CCC3CC4(CCC3=C12)OCCO4. The van der Waals surface area contributed by atoms with Crippen LogP contribution in [0.3, 0.4) is 0 Å². The summed E-state index contributed by atoms with van der Waals surface area (Å²) in [6, 6.07) is 0. The number of rotatable bonds is 0. The van der Waals surface area contributed by atoms with Crippen LogP contribution >= 0.6 is 0 Å². The molecule has 0 aromatic heterocycles. The van der Waals surface area contributed by atoms with Gasteiger partial charge in [-0.3, -0.25) is 0 Å². The van der Waals surface area contributed by atoms with E-state index in [1.807, 2.05) is 0 Å². The number of fused-ring (bicyclic) bond motifs is 4. The van der Waals surface area contributed by atoms with Crippen molar-refractivity contribution in [2.45, 2.75) is 69.7 Å². The number of allylic oxidation sites excluding steroid dienone is 1. The Hall–Kier alpha value is -0.380. The second kappa shape index (κ2) is 5.06. The summed E-state index contributed by atoms with van der Waals surface area (Å²) in [5, 5.41) is 10.8. The third-order valence-electron chi connectivity index (χ3n) is 7.36. The van der Waals surface area contributed by atoms with E-state index in [4.69, 9.17) is 9.47 Å². The molecule has 5 rings (SSSR count). The van der Waals surface area contributed by atoms with Crippen molar-refractivity contribution < 1.29 is 14.6 Å². The minimum atomic E-state index is -0.281. The Bertz CT molecular complexity index is 491. The van der Waals surface area contributed by atoms with Crippen LogP contribution in [-0.2, 0) is 9.47 Å². The van der Waals surface area contributed by atoms with Gasteiger partial charge < -0.3 is 14.6 Å². The van der Waals surface area contributed by atoms with E-state index < -0.39 is 0 Å². The van der Waals surface area contributed by atoms with Gasteiger partial charge in [0.2, 0.25) is 0 Å². The third kappa shape index (κ3) is 1.98. The van der Waals surface area contributed by atoms with E-state index in [1.165, 1.54) is 37.7 Å². The Balaban J connectivity index is 1.47. The second-order valence-corrected chi connectivity index (χ2v) is 8.28. The molecule has 5 atom stereocenters. The molecule has 1 spiro atoms. The zero-order valence-electron chi connectivity index (χ0n) is 13.4. The average Bonchev–Trinajstić information content (AvgIpc) is 3.16. The molecule has 5 unspecified atom stereocenters. The topological polar surface area (TPSA) is 38.7 Å². The van der Waals surface area contributed by atoms with Crippen molar-refractivity contribution in [1.29, 1.82) is 0 Å². The van der Waals surface area contributed by atoms with Crippen molar-refractivity contribution in [3.05, 3.63) is 11.1 Å². The lowest BCUT2D eigenvalue weighted by atomic mass is 9.59. The predicted octanol–water partition coefficient (Wildman–Crippen LogP) is 3.42. The van der Waals surface area contributed by atoms with Crippen LogP contribution in [-0.4, -0.2) is 30.2 Å². The fraction of sp³-hybridized carbons (Fsp3) is 0.895. The summed E-state index contributed by atoms with van der Waals surface area (Å²) in [5.41, 5.74) is 3.09. The molecule has 4 fully saturated rings. The minimum absolute atomic E-state index is 0.151. The molecule has 3 heteroatoms. The summed E-state index contributed by atoms with van der Waals surface area (Å²) in [5.74, 6) is 2.70. The second-order valence-electron chi connectivity index (χ2n) is 8.28. The van der Waals surface area contributed by atoms with Crippen LogP contribution in [0, 0.1) is 23.7 Å². The van der Waals surface area contributed by atoms with Crippen molar-refractivity contribution in [2.75, 3.05) is 13.2 Å². The van der Waals surface area contributed by atoms with Crippen molar-refractivity contribution in [1.82, 2.24) is 0 Å². The van der Waals surface area contributed by atoms with Gasteiger partial charge in [-0.1, -0.05) is 18.4 Å². The molecule has 5 aliphatic rings. The van der Waals surface area contributed by atoms with E-state index in [9.17, 15) is 5.11 Å². The Morgan fingerprint density at radius 3 is 2.77 bits per heavy atom. The van der Waals surface area contributed by atoms with Crippen molar-refractivity contribution in [2.24, 2.45) is 23.7 Å². The number of hydrogen-bond acceptors (Lipinski definition) is 3. The third-order valence-corrected chi connectivity index (χ3v) is 7.36. The zero-order chi connectivity index (χ0) is 14.7. The van der Waals surface area contributed by atoms with Crippen LogP contribution in [0.1, 0.15) is 57.8 Å². The van der Waals surface area contributed by atoms with Crippen LogP contribution in [0.5, 0.6) is 0 Å². The maximum Gasteiger partial charge on any atom is 0.169 e. The molecule has 4 aliphatic carbocycles. The van der Waals surface area contributed by atoms with E-state index in [2.05, 4.69) is 0 Å². The molecule has 0 radical (unpaired) electrons. The molecule has 122 valence electrons. The van der Waals surface area contributed by atoms with Gasteiger partial charge in [-0.15, -0.1) is 0 Å². The maximum absolute atomic E-state index is 10.8. The van der Waals surface area contributed by atoms with Crippen molar-refractivity contribution in [3.63, 3.8) is 0 Å². The van der Waals surface area contributed by atoms with Gasteiger partial charge in [-0.05, 0) is 61.3 Å². The van der Waals surface area contributed by atoms with E-state index >= 15 is 0 Å². The van der Waals surface area contributed by atoms with Gasteiger partial charge >= 0.3 is 0 Å². The average molecular weight is 304 g/mol. The Morgan fingerprint density at radius 2 is 1.91 bits per heavy atom. The van der Waals surface area contributed by atoms with Crippen molar-refractivity contribution >= 4 is 0 Å². The van der Waals surface area contributed by atoms with E-state index in [0.29, 0.717) is 11.8 Å². The molecule has 1 saturated heterocycles. The normalized spacial score (nSPS) is 46.5. The highest BCUT2D eigenvalue weighted by molar-refractivity contribution is 5.31. The molecule has 0 amide bonds. The molecule has 3 nitrogen and oxygen atoms in total. The van der Waals surface area contributed by atoms with Gasteiger partial charge in [0.05, 0.1) is 19.3 Å². The van der Waals surface area contributed by atoms with E-state index in [1.54, 1.807) is 5.57 Å². The van der Waals surface area contributed by atoms with Crippen LogP contribution in [0.4, 0.5) is 0 Å². The smallest absolute Gasteiger partial charge is 0.169 e. The largest absolute Gasteiger partial charge is 0.389 e. The van der Waals surface area contributed by atoms with Gasteiger partial charge in [0.1, 0.15) is 0 Å². The lowest BCUT2D eigenvalue weighted by molar-refractivity contribution is -0.181. The van der Waals surface area contributed by atoms with Crippen LogP contribution < -0.4 is 0 Å². The molecular weight excluding hydrogens is 276 g/mol. The van der Waals surface area contributed by atoms with E-state index in [0.717, 1.165) is 50.7 Å². The van der Waals surface area contributed by atoms with Gasteiger partial charge in [-0.25, -0.2) is 0 Å². The van der Waals surface area contributed by atoms with E-state index in [-0.39, 0.29) is 11.9 Å². The number of aliphatic hydroxyl groups excluding tert-OH is 1. The summed E-state index contributed by atoms with van der Waals surface area (Å²) >= 11 is 0. The standard InChI is InChI=1S/C19H28O3/c20-17-10-12-2-1-3-14(12)16-5-4-13-11-19(21-8-9-22-19)7-6-15(13)18(16)17/h12-14,16-17,20H,1-11H2. The highest BCUT2D eigenvalue weighted by atomic mass is 16.7. The maximum atomic E-state index is 10.8. The Labute approximate surface area is 133 Å². The number of aliphatic hydroxyl groups is 1. The van der Waals surface area contributed by atoms with Gasteiger partial charge in [-0.2, -0.15) is 0 Å². The molecule has 1 N–H and O–H groups in total. The summed E-state index contributed by atoms with van der Waals surface area (Å²) in [6.45, 7) is 1.52. The van der Waals surface area contributed by atoms with Gasteiger partial charge in [0.25, 0.3) is 0 Å². The summed E-state index contributed by atoms with van der Waals surface area (Å²) in [4.78, 5) is 0. The molecule has 0 aromatic carbocycles. The lowest BCUT2D eigenvalue weighted by Crippen LogP contribution is -2.44. The monoisotopic (exact) mass is 304 g/mol. The number of ether oxygens (including phenoxy) is 2. The lowest BCUT2D eigenvalue weighted by Gasteiger charge is -2.48.